The van der Waals surface area contributed by atoms with Crippen LogP contribution in [0.2, 0.25) is 0 Å². The van der Waals surface area contributed by atoms with Gasteiger partial charge in [0.15, 0.2) is 0 Å². The zero-order valence-corrected chi connectivity index (χ0v) is 23.1. The minimum Gasteiger partial charge on any atom is -0.494 e. The Kier molecular flexibility index (Phi) is 11.0. The van der Waals surface area contributed by atoms with Crippen molar-refractivity contribution < 1.29 is 22.7 Å². The Hall–Kier alpha value is -2.59. The number of ether oxygens (including phenoxy) is 1. The number of hydrogen-bond acceptors (Lipinski definition) is 5. The Morgan fingerprint density at radius 3 is 2.23 bits per heavy atom. The summed E-state index contributed by atoms with van der Waals surface area (Å²) in [6.45, 7) is 6.26. The molecule has 0 aliphatic heterocycles. The lowest BCUT2D eigenvalue weighted by Crippen LogP contribution is -2.51. The highest BCUT2D eigenvalue weighted by atomic mass is 79.9. The van der Waals surface area contributed by atoms with Gasteiger partial charge in [0.25, 0.3) is 0 Å². The van der Waals surface area contributed by atoms with Crippen LogP contribution in [-0.4, -0.2) is 57.1 Å². The molecular weight excluding hydrogens is 534 g/mol. The van der Waals surface area contributed by atoms with Gasteiger partial charge in [-0.3, -0.25) is 13.9 Å². The van der Waals surface area contributed by atoms with Gasteiger partial charge in [-0.25, -0.2) is 8.42 Å². The Morgan fingerprint density at radius 2 is 1.69 bits per heavy atom. The molecule has 2 aromatic rings. The monoisotopic (exact) mass is 567 g/mol. The van der Waals surface area contributed by atoms with E-state index in [1.54, 1.807) is 31.2 Å². The third-order valence-corrected chi connectivity index (χ3v) is 7.05. The molecule has 0 aliphatic carbocycles. The van der Waals surface area contributed by atoms with Crippen molar-refractivity contribution in [1.82, 2.24) is 10.2 Å². The van der Waals surface area contributed by atoms with Gasteiger partial charge in [0.05, 0.1) is 18.6 Å². The van der Waals surface area contributed by atoms with Crippen LogP contribution in [0.5, 0.6) is 5.75 Å². The maximum atomic E-state index is 13.5. The lowest BCUT2D eigenvalue weighted by Gasteiger charge is -2.31. The lowest BCUT2D eigenvalue weighted by atomic mass is 10.1. The largest absolute Gasteiger partial charge is 0.494 e. The second-order valence-corrected chi connectivity index (χ2v) is 11.0. The number of carbonyl (C=O) groups is 2. The minimum absolute atomic E-state index is 0.162. The zero-order chi connectivity index (χ0) is 26.0. The number of halogens is 1. The third kappa shape index (κ3) is 8.85. The molecule has 0 aliphatic rings. The van der Waals surface area contributed by atoms with Crippen molar-refractivity contribution in [3.8, 4) is 5.75 Å². The average molecular weight is 569 g/mol. The van der Waals surface area contributed by atoms with Gasteiger partial charge in [-0.05, 0) is 62.2 Å². The van der Waals surface area contributed by atoms with E-state index >= 15 is 0 Å². The highest BCUT2D eigenvalue weighted by molar-refractivity contribution is 9.10. The first-order chi connectivity index (χ1) is 16.6. The molecule has 2 amide bonds. The molecule has 192 valence electrons. The standard InChI is InChI=1S/C25H34BrN3O5S/c1-5-7-16-27-25(31)19(3)28(17-20-8-10-21(26)11-9-20)24(30)18-29(35(4,32)33)22-12-14-23(15-13-22)34-6-2/h8-15,19H,5-7,16-18H2,1-4H3,(H,27,31). The molecule has 1 N–H and O–H groups in total. The van der Waals surface area contributed by atoms with Gasteiger partial charge in [0, 0.05) is 17.6 Å². The molecule has 2 aromatic carbocycles. The average Bonchev–Trinajstić information content (AvgIpc) is 2.82. The SMILES string of the molecule is CCCCNC(=O)C(C)N(Cc1ccc(Br)cc1)C(=O)CN(c1ccc(OCC)cc1)S(C)(=O)=O. The van der Waals surface area contributed by atoms with E-state index in [0.717, 1.165) is 33.4 Å². The Labute approximate surface area is 216 Å². The summed E-state index contributed by atoms with van der Waals surface area (Å²) in [6.07, 6.45) is 2.82. The van der Waals surface area contributed by atoms with Crippen LogP contribution in [-0.2, 0) is 26.2 Å². The number of unbranched alkanes of at least 4 members (excludes halogenated alkanes) is 1. The highest BCUT2D eigenvalue weighted by Crippen LogP contribution is 2.23. The van der Waals surface area contributed by atoms with Crippen molar-refractivity contribution in [3.63, 3.8) is 0 Å². The predicted octanol–water partition coefficient (Wildman–Crippen LogP) is 3.95. The number of benzene rings is 2. The van der Waals surface area contributed by atoms with Gasteiger partial charge >= 0.3 is 0 Å². The lowest BCUT2D eigenvalue weighted by molar-refractivity contribution is -0.139. The van der Waals surface area contributed by atoms with Crippen LogP contribution in [0.4, 0.5) is 5.69 Å². The summed E-state index contributed by atoms with van der Waals surface area (Å²) < 4.78 is 32.6. The molecule has 0 saturated carbocycles. The fourth-order valence-corrected chi connectivity index (χ4v) is 4.51. The molecule has 0 saturated heterocycles. The van der Waals surface area contributed by atoms with Crippen molar-refractivity contribution in [3.05, 3.63) is 58.6 Å². The first kappa shape index (κ1) is 28.6. The molecule has 8 nitrogen and oxygen atoms in total. The summed E-state index contributed by atoms with van der Waals surface area (Å²) in [6, 6.07) is 13.1. The summed E-state index contributed by atoms with van der Waals surface area (Å²) in [5.74, 6) is -0.161. The molecule has 0 aromatic heterocycles. The Bertz CT molecular complexity index is 1080. The van der Waals surface area contributed by atoms with Crippen LogP contribution >= 0.6 is 15.9 Å². The number of nitrogens with zero attached hydrogens (tertiary/aromatic N) is 2. The molecule has 0 heterocycles. The van der Waals surface area contributed by atoms with E-state index in [1.807, 2.05) is 38.1 Å². The minimum atomic E-state index is -3.78. The van der Waals surface area contributed by atoms with Crippen LogP contribution in [0.15, 0.2) is 53.0 Å². The fourth-order valence-electron chi connectivity index (χ4n) is 3.39. The first-order valence-electron chi connectivity index (χ1n) is 11.6. The van der Waals surface area contributed by atoms with E-state index in [1.165, 1.54) is 4.90 Å². The molecule has 1 unspecified atom stereocenters. The van der Waals surface area contributed by atoms with Crippen LogP contribution in [0.3, 0.4) is 0 Å². The van der Waals surface area contributed by atoms with E-state index in [9.17, 15) is 18.0 Å². The summed E-state index contributed by atoms with van der Waals surface area (Å²) in [4.78, 5) is 27.7. The molecule has 1 atom stereocenters. The van der Waals surface area contributed by atoms with E-state index in [-0.39, 0.29) is 12.5 Å². The number of carbonyl (C=O) groups excluding carboxylic acids is 2. The van der Waals surface area contributed by atoms with Gasteiger partial charge in [0.1, 0.15) is 18.3 Å². The number of sulfonamides is 1. The zero-order valence-electron chi connectivity index (χ0n) is 20.7. The second-order valence-electron chi connectivity index (χ2n) is 8.17. The van der Waals surface area contributed by atoms with E-state index in [0.29, 0.717) is 24.6 Å². The topological polar surface area (TPSA) is 96.0 Å². The molecule has 2 rings (SSSR count). The smallest absolute Gasteiger partial charge is 0.244 e. The number of rotatable bonds is 13. The molecule has 0 bridgehead atoms. The summed E-state index contributed by atoms with van der Waals surface area (Å²) in [5.41, 5.74) is 1.16. The van der Waals surface area contributed by atoms with Gasteiger partial charge in [-0.2, -0.15) is 0 Å². The van der Waals surface area contributed by atoms with Crippen molar-refractivity contribution in [2.45, 2.75) is 46.2 Å². The normalized spacial score (nSPS) is 12.0. The molecular formula is C25H34BrN3O5S. The van der Waals surface area contributed by atoms with Crippen LogP contribution in [0.25, 0.3) is 0 Å². The number of amides is 2. The van der Waals surface area contributed by atoms with E-state index in [2.05, 4.69) is 21.2 Å². The van der Waals surface area contributed by atoms with Crippen molar-refractivity contribution >= 4 is 43.5 Å². The molecule has 35 heavy (non-hydrogen) atoms. The van der Waals surface area contributed by atoms with E-state index < -0.39 is 28.5 Å². The summed E-state index contributed by atoms with van der Waals surface area (Å²) in [7, 11) is -3.78. The number of hydrogen-bond donors (Lipinski definition) is 1. The van der Waals surface area contributed by atoms with Gasteiger partial charge < -0.3 is 15.0 Å². The van der Waals surface area contributed by atoms with E-state index in [4.69, 9.17) is 4.74 Å². The molecule has 0 fully saturated rings. The van der Waals surface area contributed by atoms with Crippen molar-refractivity contribution in [1.29, 1.82) is 0 Å². The van der Waals surface area contributed by atoms with Crippen molar-refractivity contribution in [2.24, 2.45) is 0 Å². The van der Waals surface area contributed by atoms with Crippen LogP contribution in [0, 0.1) is 0 Å². The second kappa shape index (κ2) is 13.5. The Balaban J connectivity index is 2.32. The van der Waals surface area contributed by atoms with Crippen molar-refractivity contribution in [2.75, 3.05) is 30.3 Å². The number of anilines is 1. The first-order valence-corrected chi connectivity index (χ1v) is 14.2. The van der Waals surface area contributed by atoms with Gasteiger partial charge in [-0.1, -0.05) is 41.4 Å². The van der Waals surface area contributed by atoms with Crippen LogP contribution in [0.1, 0.15) is 39.2 Å². The summed E-state index contributed by atoms with van der Waals surface area (Å²) in [5, 5.41) is 2.86. The Morgan fingerprint density at radius 1 is 1.06 bits per heavy atom. The summed E-state index contributed by atoms with van der Waals surface area (Å²) >= 11 is 3.40. The number of nitrogens with one attached hydrogen (secondary N) is 1. The molecule has 10 heteroatoms. The van der Waals surface area contributed by atoms with Gasteiger partial charge in [0.2, 0.25) is 21.8 Å². The molecule has 0 spiro atoms. The molecule has 0 radical (unpaired) electrons. The fraction of sp³-hybridized carbons (Fsp3) is 0.440. The third-order valence-electron chi connectivity index (χ3n) is 5.38. The predicted molar refractivity (Wildman–Crippen MR) is 142 cm³/mol. The maximum Gasteiger partial charge on any atom is 0.244 e. The maximum absolute atomic E-state index is 13.5. The van der Waals surface area contributed by atoms with Gasteiger partial charge in [-0.15, -0.1) is 0 Å². The highest BCUT2D eigenvalue weighted by Gasteiger charge is 2.30. The van der Waals surface area contributed by atoms with Crippen LogP contribution < -0.4 is 14.4 Å². The quantitative estimate of drug-likeness (QED) is 0.370.